The first-order valence-corrected chi connectivity index (χ1v) is 9.49. The first-order valence-electron chi connectivity index (χ1n) is 8.61. The zero-order valence-electron chi connectivity index (χ0n) is 15.7. The Morgan fingerprint density at radius 2 is 1.82 bits per heavy atom. The Morgan fingerprint density at radius 1 is 1.18 bits per heavy atom. The van der Waals surface area contributed by atoms with Crippen molar-refractivity contribution in [2.75, 3.05) is 17.3 Å². The highest BCUT2D eigenvalue weighted by molar-refractivity contribution is 8.05. The standard InChI is InChI=1S/C21H19N3O3S/c1-13-4-6-15(7-5-13)23-19(25)18(12-22)21-24(20(26)14(2)28-21)16-8-10-17(27-3)11-9-16/h4-11,14H,1-3H3,(H,23,25)/b21-18-. The van der Waals surface area contributed by atoms with Crippen LogP contribution >= 0.6 is 11.8 Å². The van der Waals surface area contributed by atoms with Gasteiger partial charge in [-0.1, -0.05) is 29.5 Å². The SMILES string of the molecule is COc1ccc(N2C(=O)C(C)S/C2=C(/C#N)C(=O)Nc2ccc(C)cc2)cc1. The van der Waals surface area contributed by atoms with Crippen LogP contribution in [0.25, 0.3) is 0 Å². The molecule has 1 aliphatic heterocycles. The van der Waals surface area contributed by atoms with Crippen LogP contribution in [-0.4, -0.2) is 24.2 Å². The number of anilines is 2. The minimum Gasteiger partial charge on any atom is -0.497 e. The Hall–Kier alpha value is -3.24. The number of nitriles is 1. The first kappa shape index (κ1) is 19.5. The Balaban J connectivity index is 1.97. The van der Waals surface area contributed by atoms with Crippen molar-refractivity contribution in [2.45, 2.75) is 19.1 Å². The highest BCUT2D eigenvalue weighted by Gasteiger charge is 2.38. The number of thioether (sulfide) groups is 1. The molecule has 1 unspecified atom stereocenters. The minimum atomic E-state index is -0.547. The van der Waals surface area contributed by atoms with E-state index >= 15 is 0 Å². The summed E-state index contributed by atoms with van der Waals surface area (Å²) >= 11 is 1.20. The number of rotatable bonds is 4. The number of aryl methyl sites for hydroxylation is 1. The second-order valence-electron chi connectivity index (χ2n) is 6.24. The van der Waals surface area contributed by atoms with Crippen LogP contribution in [0.2, 0.25) is 0 Å². The lowest BCUT2D eigenvalue weighted by Gasteiger charge is -2.19. The van der Waals surface area contributed by atoms with Crippen LogP contribution < -0.4 is 15.0 Å². The molecule has 0 saturated carbocycles. The molecular weight excluding hydrogens is 374 g/mol. The molecule has 1 atom stereocenters. The number of nitrogens with one attached hydrogen (secondary N) is 1. The van der Waals surface area contributed by atoms with Crippen LogP contribution in [0.5, 0.6) is 5.75 Å². The van der Waals surface area contributed by atoms with E-state index in [-0.39, 0.29) is 11.5 Å². The zero-order chi connectivity index (χ0) is 20.3. The third-order valence-electron chi connectivity index (χ3n) is 4.25. The lowest BCUT2D eigenvalue weighted by molar-refractivity contribution is -0.116. The highest BCUT2D eigenvalue weighted by atomic mass is 32.2. The van der Waals surface area contributed by atoms with Crippen molar-refractivity contribution in [2.24, 2.45) is 0 Å². The average Bonchev–Trinajstić information content (AvgIpc) is 2.98. The predicted octanol–water partition coefficient (Wildman–Crippen LogP) is 3.85. The number of hydrogen-bond donors (Lipinski definition) is 1. The van der Waals surface area contributed by atoms with E-state index in [1.54, 1.807) is 50.4 Å². The molecular formula is C21H19N3O3S. The van der Waals surface area contributed by atoms with Crippen LogP contribution in [0.4, 0.5) is 11.4 Å². The molecule has 2 amide bonds. The van der Waals surface area contributed by atoms with Crippen molar-refractivity contribution < 1.29 is 14.3 Å². The van der Waals surface area contributed by atoms with Gasteiger partial charge in [0, 0.05) is 11.4 Å². The van der Waals surface area contributed by atoms with E-state index in [0.29, 0.717) is 22.2 Å². The van der Waals surface area contributed by atoms with Gasteiger partial charge in [0.05, 0.1) is 12.4 Å². The van der Waals surface area contributed by atoms with E-state index in [4.69, 9.17) is 4.74 Å². The maximum absolute atomic E-state index is 12.7. The molecule has 0 aromatic heterocycles. The van der Waals surface area contributed by atoms with Crippen molar-refractivity contribution in [3.63, 3.8) is 0 Å². The molecule has 2 aromatic carbocycles. The smallest absolute Gasteiger partial charge is 0.269 e. The molecule has 28 heavy (non-hydrogen) atoms. The van der Waals surface area contributed by atoms with Gasteiger partial charge in [-0.15, -0.1) is 0 Å². The van der Waals surface area contributed by atoms with Gasteiger partial charge in [-0.2, -0.15) is 5.26 Å². The molecule has 142 valence electrons. The molecule has 7 heteroatoms. The second-order valence-corrected chi connectivity index (χ2v) is 7.57. The van der Waals surface area contributed by atoms with Gasteiger partial charge in [0.1, 0.15) is 22.4 Å². The number of methoxy groups -OCH3 is 1. The number of carbonyl (C=O) groups is 2. The van der Waals surface area contributed by atoms with Crippen LogP contribution in [0, 0.1) is 18.3 Å². The number of carbonyl (C=O) groups excluding carboxylic acids is 2. The zero-order valence-corrected chi connectivity index (χ0v) is 16.5. The molecule has 0 aliphatic carbocycles. The molecule has 1 aliphatic rings. The second kappa shape index (κ2) is 8.19. The van der Waals surface area contributed by atoms with Gasteiger partial charge < -0.3 is 10.1 Å². The van der Waals surface area contributed by atoms with Gasteiger partial charge in [0.2, 0.25) is 5.91 Å². The molecule has 0 bridgehead atoms. The summed E-state index contributed by atoms with van der Waals surface area (Å²) in [5.74, 6) is -0.0745. The van der Waals surface area contributed by atoms with E-state index in [2.05, 4.69) is 5.32 Å². The Bertz CT molecular complexity index is 975. The van der Waals surface area contributed by atoms with Crippen molar-refractivity contribution in [1.29, 1.82) is 5.26 Å². The van der Waals surface area contributed by atoms with Crippen LogP contribution in [0.3, 0.4) is 0 Å². The summed E-state index contributed by atoms with van der Waals surface area (Å²) in [4.78, 5) is 26.9. The van der Waals surface area contributed by atoms with E-state index in [1.807, 2.05) is 25.1 Å². The van der Waals surface area contributed by atoms with Gasteiger partial charge in [-0.05, 0) is 50.2 Å². The molecule has 6 nitrogen and oxygen atoms in total. The normalized spacial score (nSPS) is 17.9. The molecule has 2 aromatic rings. The van der Waals surface area contributed by atoms with Gasteiger partial charge in [-0.3, -0.25) is 14.5 Å². The summed E-state index contributed by atoms with van der Waals surface area (Å²) in [6.07, 6.45) is 0. The van der Waals surface area contributed by atoms with E-state index in [9.17, 15) is 14.9 Å². The number of ether oxygens (including phenoxy) is 1. The Kier molecular flexibility index (Phi) is 5.71. The van der Waals surface area contributed by atoms with Crippen molar-refractivity contribution in [3.8, 4) is 11.8 Å². The number of hydrogen-bond acceptors (Lipinski definition) is 5. The van der Waals surface area contributed by atoms with E-state index in [1.165, 1.54) is 16.7 Å². The summed E-state index contributed by atoms with van der Waals surface area (Å²) in [6, 6.07) is 16.1. The third-order valence-corrected chi connectivity index (χ3v) is 5.42. The molecule has 3 rings (SSSR count). The lowest BCUT2D eigenvalue weighted by atomic mass is 10.2. The minimum absolute atomic E-state index is 0.0981. The molecule has 1 fully saturated rings. The summed E-state index contributed by atoms with van der Waals surface area (Å²) in [6.45, 7) is 3.70. The summed E-state index contributed by atoms with van der Waals surface area (Å²) in [7, 11) is 1.56. The number of benzene rings is 2. The maximum Gasteiger partial charge on any atom is 0.269 e. The topological polar surface area (TPSA) is 82.4 Å². The fraction of sp³-hybridized carbons (Fsp3) is 0.190. The Morgan fingerprint density at radius 3 is 2.39 bits per heavy atom. The molecule has 1 saturated heterocycles. The fourth-order valence-corrected chi connectivity index (χ4v) is 3.82. The van der Waals surface area contributed by atoms with Crippen LogP contribution in [0.15, 0.2) is 59.1 Å². The molecule has 0 radical (unpaired) electrons. The Labute approximate surface area is 167 Å². The van der Waals surface area contributed by atoms with Gasteiger partial charge in [0.25, 0.3) is 5.91 Å². The lowest BCUT2D eigenvalue weighted by Crippen LogP contribution is -2.29. The van der Waals surface area contributed by atoms with Crippen LogP contribution in [-0.2, 0) is 9.59 Å². The van der Waals surface area contributed by atoms with Crippen LogP contribution in [0.1, 0.15) is 12.5 Å². The quantitative estimate of drug-likeness (QED) is 0.630. The first-order chi connectivity index (χ1) is 13.4. The average molecular weight is 393 g/mol. The monoisotopic (exact) mass is 393 g/mol. The molecule has 0 spiro atoms. The van der Waals surface area contributed by atoms with Gasteiger partial charge in [-0.25, -0.2) is 0 Å². The highest BCUT2D eigenvalue weighted by Crippen LogP contribution is 2.40. The van der Waals surface area contributed by atoms with Crippen molar-refractivity contribution in [1.82, 2.24) is 0 Å². The third kappa shape index (κ3) is 3.87. The predicted molar refractivity (Wildman–Crippen MR) is 110 cm³/mol. The van der Waals surface area contributed by atoms with Crippen molar-refractivity contribution in [3.05, 3.63) is 64.7 Å². The van der Waals surface area contributed by atoms with Gasteiger partial charge in [0.15, 0.2) is 0 Å². The van der Waals surface area contributed by atoms with Crippen molar-refractivity contribution >= 4 is 35.0 Å². The maximum atomic E-state index is 12.7. The fourth-order valence-electron chi connectivity index (χ4n) is 2.73. The molecule has 1 N–H and O–H groups in total. The number of nitrogens with zero attached hydrogens (tertiary/aromatic N) is 2. The molecule has 1 heterocycles. The van der Waals surface area contributed by atoms with Gasteiger partial charge >= 0.3 is 0 Å². The largest absolute Gasteiger partial charge is 0.497 e. The van der Waals surface area contributed by atoms with E-state index < -0.39 is 11.2 Å². The summed E-state index contributed by atoms with van der Waals surface area (Å²) < 4.78 is 5.15. The summed E-state index contributed by atoms with van der Waals surface area (Å²) in [5.41, 5.74) is 2.13. The number of amides is 2. The summed E-state index contributed by atoms with van der Waals surface area (Å²) in [5, 5.41) is 12.3. The van der Waals surface area contributed by atoms with E-state index in [0.717, 1.165) is 5.56 Å².